The first-order valence-electron chi connectivity index (χ1n) is 8.77. The molecule has 0 atom stereocenters. The van der Waals surface area contributed by atoms with E-state index in [9.17, 15) is 4.79 Å². The highest BCUT2D eigenvalue weighted by Crippen LogP contribution is 2.20. The number of rotatable bonds is 6. The summed E-state index contributed by atoms with van der Waals surface area (Å²) in [6.45, 7) is 10.2. The molecule has 0 aliphatic carbocycles. The Labute approximate surface area is 156 Å². The van der Waals surface area contributed by atoms with Crippen molar-refractivity contribution in [3.05, 3.63) is 22.8 Å². The molecule has 8 nitrogen and oxygen atoms in total. The molecule has 1 aliphatic heterocycles. The monoisotopic (exact) mass is 379 g/mol. The minimum absolute atomic E-state index is 0.104. The van der Waals surface area contributed by atoms with Gasteiger partial charge < -0.3 is 14.6 Å². The van der Waals surface area contributed by atoms with Gasteiger partial charge in [0, 0.05) is 43.3 Å². The van der Waals surface area contributed by atoms with Gasteiger partial charge in [-0.15, -0.1) is 11.3 Å². The predicted octanol–water partition coefficient (Wildman–Crippen LogP) is 2.23. The summed E-state index contributed by atoms with van der Waals surface area (Å²) >= 11 is 1.44. The highest BCUT2D eigenvalue weighted by Gasteiger charge is 2.21. The van der Waals surface area contributed by atoms with Gasteiger partial charge in [-0.2, -0.15) is 4.98 Å². The van der Waals surface area contributed by atoms with Gasteiger partial charge >= 0.3 is 0 Å². The van der Waals surface area contributed by atoms with Crippen LogP contribution in [0.15, 0.2) is 9.90 Å². The summed E-state index contributed by atoms with van der Waals surface area (Å²) in [5.41, 5.74) is 0.806. The molecule has 9 heteroatoms. The Morgan fingerprint density at radius 1 is 1.31 bits per heavy atom. The van der Waals surface area contributed by atoms with Gasteiger partial charge in [0.05, 0.1) is 18.9 Å². The third kappa shape index (κ3) is 5.33. The molecule has 3 heterocycles. The fourth-order valence-corrected chi connectivity index (χ4v) is 3.21. The second-order valence-electron chi connectivity index (χ2n) is 7.34. The summed E-state index contributed by atoms with van der Waals surface area (Å²) in [5.74, 6) is 1.03. The average Bonchev–Trinajstić information content (AvgIpc) is 3.23. The number of hydrogen-bond acceptors (Lipinski definition) is 8. The standard InChI is InChI=1S/C17H25N5O3S/c1-17(2,3)15-20-14(25-21-15)5-4-13(23)19-16-18-12(11-26-16)10-22-6-8-24-9-7-22/h11H,4-10H2,1-3H3,(H,18,19,23). The molecule has 2 aromatic heterocycles. The van der Waals surface area contributed by atoms with E-state index in [1.54, 1.807) is 0 Å². The minimum Gasteiger partial charge on any atom is -0.379 e. The van der Waals surface area contributed by atoms with Crippen molar-refractivity contribution in [2.24, 2.45) is 0 Å². The SMILES string of the molecule is CC(C)(C)c1noc(CCC(=O)Nc2nc(CN3CCOCC3)cs2)n1. The number of morpholine rings is 1. The van der Waals surface area contributed by atoms with Gasteiger partial charge in [0.15, 0.2) is 11.0 Å². The van der Waals surface area contributed by atoms with Crippen LogP contribution in [0.2, 0.25) is 0 Å². The molecule has 0 spiro atoms. The molecule has 1 saturated heterocycles. The highest BCUT2D eigenvalue weighted by atomic mass is 32.1. The van der Waals surface area contributed by atoms with Crippen molar-refractivity contribution in [1.29, 1.82) is 0 Å². The van der Waals surface area contributed by atoms with E-state index in [1.807, 2.05) is 26.2 Å². The second-order valence-corrected chi connectivity index (χ2v) is 8.20. The third-order valence-corrected chi connectivity index (χ3v) is 4.80. The molecule has 1 aliphatic rings. The number of nitrogens with one attached hydrogen (secondary N) is 1. The molecule has 0 radical (unpaired) electrons. The number of thiazole rings is 1. The Morgan fingerprint density at radius 2 is 2.08 bits per heavy atom. The van der Waals surface area contributed by atoms with Crippen LogP contribution < -0.4 is 5.32 Å². The maximum atomic E-state index is 12.1. The molecule has 2 aromatic rings. The van der Waals surface area contributed by atoms with Crippen LogP contribution in [-0.2, 0) is 27.9 Å². The number of amides is 1. The molecular weight excluding hydrogens is 354 g/mol. The molecule has 0 bridgehead atoms. The minimum atomic E-state index is -0.165. The molecule has 0 aromatic carbocycles. The van der Waals surface area contributed by atoms with Crippen molar-refractivity contribution in [2.45, 2.75) is 45.6 Å². The first-order chi connectivity index (χ1) is 12.4. The number of nitrogens with zero attached hydrogens (tertiary/aromatic N) is 4. The number of aromatic nitrogens is 3. The van der Waals surface area contributed by atoms with Crippen LogP contribution in [0.25, 0.3) is 0 Å². The molecule has 0 unspecified atom stereocenters. The zero-order valence-electron chi connectivity index (χ0n) is 15.4. The van der Waals surface area contributed by atoms with Crippen LogP contribution in [0.4, 0.5) is 5.13 Å². The maximum absolute atomic E-state index is 12.1. The van der Waals surface area contributed by atoms with Crippen molar-refractivity contribution in [2.75, 3.05) is 31.6 Å². The number of aryl methyl sites for hydroxylation is 1. The van der Waals surface area contributed by atoms with Crippen LogP contribution in [0.3, 0.4) is 0 Å². The predicted molar refractivity (Wildman–Crippen MR) is 98.2 cm³/mol. The van der Waals surface area contributed by atoms with Crippen LogP contribution >= 0.6 is 11.3 Å². The van der Waals surface area contributed by atoms with E-state index in [0.717, 1.165) is 38.5 Å². The van der Waals surface area contributed by atoms with Crippen LogP contribution in [-0.4, -0.2) is 52.2 Å². The molecule has 1 N–H and O–H groups in total. The maximum Gasteiger partial charge on any atom is 0.227 e. The Kier molecular flexibility index (Phi) is 6.00. The van der Waals surface area contributed by atoms with Crippen molar-refractivity contribution >= 4 is 22.4 Å². The number of ether oxygens (including phenoxy) is 1. The average molecular weight is 379 g/mol. The van der Waals surface area contributed by atoms with Crippen molar-refractivity contribution in [3.63, 3.8) is 0 Å². The lowest BCUT2D eigenvalue weighted by atomic mass is 9.96. The van der Waals surface area contributed by atoms with E-state index in [4.69, 9.17) is 9.26 Å². The Bertz CT molecular complexity index is 731. The van der Waals surface area contributed by atoms with Crippen molar-refractivity contribution in [1.82, 2.24) is 20.0 Å². The summed E-state index contributed by atoms with van der Waals surface area (Å²) in [4.78, 5) is 23.3. The third-order valence-electron chi connectivity index (χ3n) is 3.99. The Balaban J connectivity index is 1.45. The highest BCUT2D eigenvalue weighted by molar-refractivity contribution is 7.13. The summed E-state index contributed by atoms with van der Waals surface area (Å²) < 4.78 is 10.6. The van der Waals surface area contributed by atoms with E-state index >= 15 is 0 Å². The summed E-state index contributed by atoms with van der Waals surface area (Å²) in [5, 5.41) is 9.42. The topological polar surface area (TPSA) is 93.4 Å². The first-order valence-corrected chi connectivity index (χ1v) is 9.65. The molecule has 1 amide bonds. The normalized spacial score (nSPS) is 16.0. The fourth-order valence-electron chi connectivity index (χ4n) is 2.49. The Hall–Kier alpha value is -1.84. The van der Waals surface area contributed by atoms with Crippen LogP contribution in [0.1, 0.15) is 44.6 Å². The summed E-state index contributed by atoms with van der Waals surface area (Å²) in [6, 6.07) is 0. The largest absolute Gasteiger partial charge is 0.379 e. The van der Waals surface area contributed by atoms with Crippen LogP contribution in [0, 0.1) is 0 Å². The first kappa shape index (κ1) is 18.9. The quantitative estimate of drug-likeness (QED) is 0.822. The second kappa shape index (κ2) is 8.24. The van der Waals surface area contributed by atoms with Gasteiger partial charge in [0.2, 0.25) is 11.8 Å². The van der Waals surface area contributed by atoms with E-state index in [2.05, 4.69) is 25.3 Å². The molecular formula is C17H25N5O3S. The summed E-state index contributed by atoms with van der Waals surface area (Å²) in [7, 11) is 0. The fraction of sp³-hybridized carbons (Fsp3) is 0.647. The van der Waals surface area contributed by atoms with Gasteiger partial charge in [0.25, 0.3) is 0 Å². The van der Waals surface area contributed by atoms with Crippen molar-refractivity contribution < 1.29 is 14.1 Å². The molecule has 1 fully saturated rings. The zero-order valence-corrected chi connectivity index (χ0v) is 16.3. The molecule has 3 rings (SSSR count). The number of anilines is 1. The van der Waals surface area contributed by atoms with Gasteiger partial charge in [-0.3, -0.25) is 9.69 Å². The van der Waals surface area contributed by atoms with Crippen molar-refractivity contribution in [3.8, 4) is 0 Å². The summed E-state index contributed by atoms with van der Waals surface area (Å²) in [6.07, 6.45) is 0.699. The number of carbonyl (C=O) groups is 1. The molecule has 0 saturated carbocycles. The number of carbonyl (C=O) groups excluding carboxylic acids is 1. The van der Waals surface area contributed by atoms with Crippen LogP contribution in [0.5, 0.6) is 0 Å². The van der Waals surface area contributed by atoms with Gasteiger partial charge in [-0.05, 0) is 0 Å². The van der Waals surface area contributed by atoms with Gasteiger partial charge in [-0.25, -0.2) is 4.98 Å². The molecule has 142 valence electrons. The lowest BCUT2D eigenvalue weighted by Crippen LogP contribution is -2.35. The lowest BCUT2D eigenvalue weighted by Gasteiger charge is -2.25. The lowest BCUT2D eigenvalue weighted by molar-refractivity contribution is -0.116. The van der Waals surface area contributed by atoms with E-state index in [1.165, 1.54) is 11.3 Å². The zero-order chi connectivity index (χ0) is 18.6. The van der Waals surface area contributed by atoms with E-state index in [0.29, 0.717) is 23.3 Å². The van der Waals surface area contributed by atoms with Gasteiger partial charge in [-0.1, -0.05) is 25.9 Å². The van der Waals surface area contributed by atoms with E-state index in [-0.39, 0.29) is 17.7 Å². The Morgan fingerprint density at radius 3 is 2.77 bits per heavy atom. The molecule has 26 heavy (non-hydrogen) atoms. The van der Waals surface area contributed by atoms with Gasteiger partial charge in [0.1, 0.15) is 0 Å². The smallest absolute Gasteiger partial charge is 0.227 e. The van der Waals surface area contributed by atoms with E-state index < -0.39 is 0 Å². The number of hydrogen-bond donors (Lipinski definition) is 1.